The van der Waals surface area contributed by atoms with Crippen LogP contribution in [0.1, 0.15) is 17.2 Å². The lowest BCUT2D eigenvalue weighted by molar-refractivity contribution is -0.141. The van der Waals surface area contributed by atoms with Crippen molar-refractivity contribution < 1.29 is 13.2 Å². The third-order valence-electron chi connectivity index (χ3n) is 1.58. The predicted molar refractivity (Wildman–Crippen MR) is 44.5 cm³/mol. The van der Waals surface area contributed by atoms with Gasteiger partial charge in [0.05, 0.1) is 0 Å². The molecule has 3 nitrogen and oxygen atoms in total. The van der Waals surface area contributed by atoms with Crippen molar-refractivity contribution in [2.24, 2.45) is 5.73 Å². The summed E-state index contributed by atoms with van der Waals surface area (Å²) in [5, 5.41) is 0. The highest BCUT2D eigenvalue weighted by molar-refractivity contribution is 5.14. The Labute approximate surface area is 79.2 Å². The smallest absolute Gasteiger partial charge is 0.330 e. The van der Waals surface area contributed by atoms with Crippen LogP contribution in [0.3, 0.4) is 0 Å². The standard InChI is InChI=1S/C8H10F3N3/c1-5-13-6(2-3-12)4-7(14-5)8(9,10)11/h4H,2-3,12H2,1H3. The molecule has 0 fully saturated rings. The first kappa shape index (κ1) is 10.9. The van der Waals surface area contributed by atoms with Crippen LogP contribution in [-0.2, 0) is 12.6 Å². The Morgan fingerprint density at radius 1 is 1.36 bits per heavy atom. The summed E-state index contributed by atoms with van der Waals surface area (Å²) in [6.45, 7) is 1.70. The number of nitrogens with two attached hydrogens (primary N) is 1. The minimum Gasteiger partial charge on any atom is -0.330 e. The Bertz CT molecular complexity index is 322. The molecule has 0 aromatic carbocycles. The molecule has 0 spiro atoms. The minimum absolute atomic E-state index is 0.114. The molecule has 6 heteroatoms. The minimum atomic E-state index is -4.42. The number of hydrogen-bond acceptors (Lipinski definition) is 3. The molecule has 0 bridgehead atoms. The van der Waals surface area contributed by atoms with Gasteiger partial charge in [0, 0.05) is 12.1 Å². The summed E-state index contributed by atoms with van der Waals surface area (Å²) < 4.78 is 36.8. The monoisotopic (exact) mass is 205 g/mol. The van der Waals surface area contributed by atoms with E-state index in [0.717, 1.165) is 6.07 Å². The lowest BCUT2D eigenvalue weighted by Crippen LogP contribution is -2.13. The van der Waals surface area contributed by atoms with E-state index in [2.05, 4.69) is 9.97 Å². The van der Waals surface area contributed by atoms with E-state index in [9.17, 15) is 13.2 Å². The summed E-state index contributed by atoms with van der Waals surface area (Å²) >= 11 is 0. The van der Waals surface area contributed by atoms with Crippen molar-refractivity contribution >= 4 is 0 Å². The van der Waals surface area contributed by atoms with Crippen molar-refractivity contribution in [3.8, 4) is 0 Å². The van der Waals surface area contributed by atoms with Crippen molar-refractivity contribution in [2.75, 3.05) is 6.54 Å². The number of aryl methyl sites for hydroxylation is 1. The average Bonchev–Trinajstić information content (AvgIpc) is 2.02. The summed E-state index contributed by atoms with van der Waals surface area (Å²) in [6, 6.07) is 0.930. The zero-order valence-electron chi connectivity index (χ0n) is 7.60. The molecule has 0 amide bonds. The maximum Gasteiger partial charge on any atom is 0.433 e. The van der Waals surface area contributed by atoms with Crippen LogP contribution in [0.25, 0.3) is 0 Å². The maximum absolute atomic E-state index is 12.3. The van der Waals surface area contributed by atoms with Crippen LogP contribution in [0.2, 0.25) is 0 Å². The number of hydrogen-bond donors (Lipinski definition) is 1. The summed E-state index contributed by atoms with van der Waals surface area (Å²) in [6.07, 6.45) is -4.09. The van der Waals surface area contributed by atoms with Gasteiger partial charge in [0.15, 0.2) is 0 Å². The second kappa shape index (κ2) is 3.91. The molecule has 0 saturated heterocycles. The second-order valence-electron chi connectivity index (χ2n) is 2.83. The Morgan fingerprint density at radius 3 is 2.50 bits per heavy atom. The van der Waals surface area contributed by atoms with Crippen molar-refractivity contribution in [3.63, 3.8) is 0 Å². The van der Waals surface area contributed by atoms with Gasteiger partial charge in [-0.05, 0) is 19.5 Å². The molecule has 2 N–H and O–H groups in total. The van der Waals surface area contributed by atoms with Gasteiger partial charge in [-0.1, -0.05) is 0 Å². The van der Waals surface area contributed by atoms with Crippen LogP contribution in [-0.4, -0.2) is 16.5 Å². The topological polar surface area (TPSA) is 51.8 Å². The number of alkyl halides is 3. The Hall–Kier alpha value is -1.17. The first-order valence-corrected chi connectivity index (χ1v) is 4.05. The van der Waals surface area contributed by atoms with E-state index in [-0.39, 0.29) is 12.4 Å². The lowest BCUT2D eigenvalue weighted by Gasteiger charge is -2.07. The van der Waals surface area contributed by atoms with E-state index in [1.54, 1.807) is 0 Å². The fraction of sp³-hybridized carbons (Fsp3) is 0.500. The highest BCUT2D eigenvalue weighted by atomic mass is 19.4. The maximum atomic E-state index is 12.3. The zero-order chi connectivity index (χ0) is 10.8. The van der Waals surface area contributed by atoms with Crippen molar-refractivity contribution in [1.29, 1.82) is 0 Å². The lowest BCUT2D eigenvalue weighted by atomic mass is 10.2. The van der Waals surface area contributed by atoms with Gasteiger partial charge >= 0.3 is 6.18 Å². The molecular weight excluding hydrogens is 195 g/mol. The van der Waals surface area contributed by atoms with Crippen LogP contribution >= 0.6 is 0 Å². The highest BCUT2D eigenvalue weighted by Gasteiger charge is 2.33. The van der Waals surface area contributed by atoms with Gasteiger partial charge < -0.3 is 5.73 Å². The third kappa shape index (κ3) is 2.66. The molecule has 0 atom stereocenters. The fourth-order valence-corrected chi connectivity index (χ4v) is 1.05. The molecule has 0 saturated carbocycles. The molecule has 0 aliphatic heterocycles. The first-order chi connectivity index (χ1) is 6.43. The fourth-order valence-electron chi connectivity index (χ4n) is 1.05. The molecule has 0 aliphatic carbocycles. The van der Waals surface area contributed by atoms with Crippen molar-refractivity contribution in [2.45, 2.75) is 19.5 Å². The predicted octanol–water partition coefficient (Wildman–Crippen LogP) is 1.31. The van der Waals surface area contributed by atoms with E-state index in [0.29, 0.717) is 12.1 Å². The average molecular weight is 205 g/mol. The summed E-state index contributed by atoms with van der Waals surface area (Å²) in [4.78, 5) is 7.16. The number of rotatable bonds is 2. The molecule has 78 valence electrons. The number of aromatic nitrogens is 2. The van der Waals surface area contributed by atoms with Gasteiger partial charge in [0.25, 0.3) is 0 Å². The largest absolute Gasteiger partial charge is 0.433 e. The molecule has 1 aromatic rings. The van der Waals surface area contributed by atoms with Gasteiger partial charge in [-0.3, -0.25) is 0 Å². The van der Waals surface area contributed by atoms with Crippen molar-refractivity contribution in [3.05, 3.63) is 23.3 Å². The summed E-state index contributed by atoms with van der Waals surface area (Å²) in [5.41, 5.74) is 4.65. The third-order valence-corrected chi connectivity index (χ3v) is 1.58. The SMILES string of the molecule is Cc1nc(CCN)cc(C(F)(F)F)n1. The Balaban J connectivity index is 3.07. The van der Waals surface area contributed by atoms with E-state index in [1.807, 2.05) is 0 Å². The summed E-state index contributed by atoms with van der Waals surface area (Å²) in [7, 11) is 0. The molecule has 14 heavy (non-hydrogen) atoms. The molecule has 1 rings (SSSR count). The van der Waals surface area contributed by atoms with Gasteiger partial charge in [-0.2, -0.15) is 13.2 Å². The van der Waals surface area contributed by atoms with E-state index in [4.69, 9.17) is 5.73 Å². The van der Waals surface area contributed by atoms with E-state index >= 15 is 0 Å². The highest BCUT2D eigenvalue weighted by Crippen LogP contribution is 2.27. The number of nitrogens with zero attached hydrogens (tertiary/aromatic N) is 2. The van der Waals surface area contributed by atoms with Gasteiger partial charge in [-0.25, -0.2) is 9.97 Å². The van der Waals surface area contributed by atoms with Gasteiger partial charge in [0.1, 0.15) is 11.5 Å². The van der Waals surface area contributed by atoms with Crippen LogP contribution in [0.5, 0.6) is 0 Å². The molecule has 0 unspecified atom stereocenters. The van der Waals surface area contributed by atoms with Crippen molar-refractivity contribution in [1.82, 2.24) is 9.97 Å². The molecule has 1 aromatic heterocycles. The molecular formula is C8H10F3N3. The zero-order valence-corrected chi connectivity index (χ0v) is 7.60. The first-order valence-electron chi connectivity index (χ1n) is 4.05. The van der Waals surface area contributed by atoms with E-state index in [1.165, 1.54) is 6.92 Å². The normalized spacial score (nSPS) is 11.8. The van der Waals surface area contributed by atoms with Crippen LogP contribution < -0.4 is 5.73 Å². The quantitative estimate of drug-likeness (QED) is 0.791. The van der Waals surface area contributed by atoms with Gasteiger partial charge in [-0.15, -0.1) is 0 Å². The molecule has 0 aliphatic rings. The summed E-state index contributed by atoms with van der Waals surface area (Å²) in [5.74, 6) is 0.114. The van der Waals surface area contributed by atoms with Crippen LogP contribution in [0.15, 0.2) is 6.07 Å². The number of halogens is 3. The van der Waals surface area contributed by atoms with Gasteiger partial charge in [0.2, 0.25) is 0 Å². The van der Waals surface area contributed by atoms with Crippen LogP contribution in [0, 0.1) is 6.92 Å². The second-order valence-corrected chi connectivity index (χ2v) is 2.83. The Morgan fingerprint density at radius 2 is 2.00 bits per heavy atom. The Kier molecular flexibility index (Phi) is 3.05. The van der Waals surface area contributed by atoms with Crippen LogP contribution in [0.4, 0.5) is 13.2 Å². The van der Waals surface area contributed by atoms with E-state index < -0.39 is 11.9 Å². The molecule has 0 radical (unpaired) electrons. The molecule has 1 heterocycles.